The predicted molar refractivity (Wildman–Crippen MR) is 131 cm³/mol. The summed E-state index contributed by atoms with van der Waals surface area (Å²) >= 11 is 0. The molecule has 2 aromatic carbocycles. The van der Waals surface area contributed by atoms with E-state index < -0.39 is 29.3 Å². The van der Waals surface area contributed by atoms with Gasteiger partial charge >= 0.3 is 5.97 Å². The average Bonchev–Trinajstić information content (AvgIpc) is 2.79. The lowest BCUT2D eigenvalue weighted by molar-refractivity contribution is -0.131. The van der Waals surface area contributed by atoms with Crippen LogP contribution in [-0.2, 0) is 16.0 Å². The minimum Gasteiger partial charge on any atom is -0.490 e. The number of hydrogen-bond acceptors (Lipinski definition) is 4. The van der Waals surface area contributed by atoms with E-state index in [1.165, 1.54) is 13.8 Å². The Balaban J connectivity index is 1.76. The van der Waals surface area contributed by atoms with Gasteiger partial charge in [-0.15, -0.1) is 0 Å². The molecule has 2 atom stereocenters. The van der Waals surface area contributed by atoms with Crippen molar-refractivity contribution < 1.29 is 32.5 Å². The summed E-state index contributed by atoms with van der Waals surface area (Å²) in [5, 5.41) is 8.85. The SMILES string of the molecule is C[C@@H]1Cc2cc(OC3CCOCC3)ccc2[C@@H](c2c(F)cc(/C=C/C(=O)O)cc2F)N1CC(C)(C)F. The van der Waals surface area contributed by atoms with Gasteiger partial charge in [-0.05, 0) is 74.2 Å². The summed E-state index contributed by atoms with van der Waals surface area (Å²) in [6.45, 7) is 6.11. The number of aliphatic carboxylic acids is 1. The molecule has 2 aliphatic heterocycles. The molecule has 0 saturated carbocycles. The van der Waals surface area contributed by atoms with Crippen molar-refractivity contribution in [3.8, 4) is 5.75 Å². The van der Waals surface area contributed by atoms with Gasteiger partial charge in [0.05, 0.1) is 19.3 Å². The molecule has 0 amide bonds. The minimum atomic E-state index is -1.59. The van der Waals surface area contributed by atoms with Crippen molar-refractivity contribution in [1.29, 1.82) is 0 Å². The van der Waals surface area contributed by atoms with E-state index in [0.29, 0.717) is 30.9 Å². The second-order valence-electron chi connectivity index (χ2n) is 10.2. The molecule has 0 bridgehead atoms. The van der Waals surface area contributed by atoms with Crippen molar-refractivity contribution in [3.63, 3.8) is 0 Å². The van der Waals surface area contributed by atoms with Crippen LogP contribution in [0.5, 0.6) is 5.75 Å². The first-order valence-corrected chi connectivity index (χ1v) is 12.2. The van der Waals surface area contributed by atoms with Gasteiger partial charge in [-0.25, -0.2) is 18.0 Å². The van der Waals surface area contributed by atoms with E-state index in [2.05, 4.69) is 0 Å². The predicted octanol–water partition coefficient (Wildman–Crippen LogP) is 5.70. The normalized spacial score (nSPS) is 21.5. The van der Waals surface area contributed by atoms with Gasteiger partial charge in [-0.3, -0.25) is 4.90 Å². The highest BCUT2D eigenvalue weighted by Crippen LogP contribution is 2.42. The number of carboxylic acid groups (broad SMARTS) is 1. The maximum atomic E-state index is 15.5. The first-order valence-electron chi connectivity index (χ1n) is 12.2. The van der Waals surface area contributed by atoms with Gasteiger partial charge in [0.15, 0.2) is 0 Å². The maximum absolute atomic E-state index is 15.5. The minimum absolute atomic E-state index is 0.0157. The highest BCUT2D eigenvalue weighted by Gasteiger charge is 2.39. The number of fused-ring (bicyclic) bond motifs is 1. The highest BCUT2D eigenvalue weighted by molar-refractivity contribution is 5.85. The number of ether oxygens (including phenoxy) is 2. The van der Waals surface area contributed by atoms with Crippen LogP contribution in [0.4, 0.5) is 13.2 Å². The largest absolute Gasteiger partial charge is 0.490 e. The van der Waals surface area contributed by atoms with Crippen LogP contribution < -0.4 is 4.74 Å². The quantitative estimate of drug-likeness (QED) is 0.491. The topological polar surface area (TPSA) is 59.0 Å². The number of benzene rings is 2. The fourth-order valence-electron chi connectivity index (χ4n) is 5.09. The zero-order valence-electron chi connectivity index (χ0n) is 20.8. The summed E-state index contributed by atoms with van der Waals surface area (Å²) in [5.74, 6) is -2.14. The first-order chi connectivity index (χ1) is 17.0. The van der Waals surface area contributed by atoms with Crippen LogP contribution in [0.25, 0.3) is 6.08 Å². The number of hydrogen-bond donors (Lipinski definition) is 1. The molecule has 36 heavy (non-hydrogen) atoms. The van der Waals surface area contributed by atoms with Crippen molar-refractivity contribution in [3.05, 3.63) is 70.3 Å². The van der Waals surface area contributed by atoms with Gasteiger partial charge in [0.25, 0.3) is 0 Å². The van der Waals surface area contributed by atoms with Gasteiger partial charge in [0.1, 0.15) is 29.2 Å². The summed E-state index contributed by atoms with van der Waals surface area (Å²) in [7, 11) is 0. The third kappa shape index (κ3) is 6.10. The number of carbonyl (C=O) groups is 1. The van der Waals surface area contributed by atoms with Crippen molar-refractivity contribution in [2.24, 2.45) is 0 Å². The maximum Gasteiger partial charge on any atom is 0.328 e. The van der Waals surface area contributed by atoms with Gasteiger partial charge in [-0.2, -0.15) is 0 Å². The molecule has 5 nitrogen and oxygen atoms in total. The Kier molecular flexibility index (Phi) is 7.76. The Morgan fingerprint density at radius 3 is 2.47 bits per heavy atom. The summed E-state index contributed by atoms with van der Waals surface area (Å²) in [4.78, 5) is 12.6. The molecule has 2 aliphatic rings. The van der Waals surface area contributed by atoms with Crippen LogP contribution in [0.3, 0.4) is 0 Å². The zero-order chi connectivity index (χ0) is 26.0. The van der Waals surface area contributed by atoms with Crippen LogP contribution in [-0.4, -0.2) is 53.5 Å². The van der Waals surface area contributed by atoms with Gasteiger partial charge in [-0.1, -0.05) is 6.07 Å². The smallest absolute Gasteiger partial charge is 0.328 e. The lowest BCUT2D eigenvalue weighted by Gasteiger charge is -2.44. The van der Waals surface area contributed by atoms with E-state index in [1.807, 2.05) is 19.1 Å². The lowest BCUT2D eigenvalue weighted by atomic mass is 9.83. The monoisotopic (exact) mass is 503 g/mol. The third-order valence-corrected chi connectivity index (χ3v) is 6.64. The van der Waals surface area contributed by atoms with Crippen LogP contribution in [0.1, 0.15) is 61.9 Å². The Bertz CT molecular complexity index is 1120. The van der Waals surface area contributed by atoms with E-state index in [1.54, 1.807) is 11.0 Å². The molecule has 194 valence electrons. The summed E-state index contributed by atoms with van der Waals surface area (Å²) in [6, 6.07) is 6.71. The van der Waals surface area contributed by atoms with E-state index in [0.717, 1.165) is 42.7 Å². The summed E-state index contributed by atoms with van der Waals surface area (Å²) in [6.07, 6.45) is 4.19. The standard InChI is InChI=1S/C28H32F3NO4/c1-17-12-19-15-21(36-20-8-10-35-11-9-20)5-6-22(19)27(32(17)16-28(2,3)31)26-23(29)13-18(14-24(26)30)4-7-25(33)34/h4-7,13-15,17,20,27H,8-12,16H2,1-3H3,(H,33,34)/b7-4+/t17-,27+/m1/s1. The average molecular weight is 504 g/mol. The number of nitrogens with zero attached hydrogens (tertiary/aromatic N) is 1. The van der Waals surface area contributed by atoms with Crippen LogP contribution in [0, 0.1) is 11.6 Å². The van der Waals surface area contributed by atoms with Gasteiger partial charge in [0.2, 0.25) is 0 Å². The lowest BCUT2D eigenvalue weighted by Crippen LogP contribution is -2.48. The Morgan fingerprint density at radius 2 is 1.86 bits per heavy atom. The molecular weight excluding hydrogens is 471 g/mol. The molecule has 0 aromatic heterocycles. The molecule has 1 saturated heterocycles. The van der Waals surface area contributed by atoms with Crippen molar-refractivity contribution >= 4 is 12.0 Å². The molecule has 4 rings (SSSR count). The molecule has 1 N–H and O–H groups in total. The first kappa shape index (κ1) is 26.2. The Labute approximate surface area is 209 Å². The van der Waals surface area contributed by atoms with Crippen LogP contribution >= 0.6 is 0 Å². The van der Waals surface area contributed by atoms with Crippen molar-refractivity contribution in [1.82, 2.24) is 4.90 Å². The second-order valence-corrected chi connectivity index (χ2v) is 10.2. The molecule has 0 radical (unpaired) electrons. The molecule has 2 heterocycles. The zero-order valence-corrected chi connectivity index (χ0v) is 20.8. The number of halogens is 3. The Morgan fingerprint density at radius 1 is 1.19 bits per heavy atom. The molecule has 2 aromatic rings. The van der Waals surface area contributed by atoms with Crippen LogP contribution in [0.2, 0.25) is 0 Å². The Hall–Kier alpha value is -2.84. The molecule has 0 aliphatic carbocycles. The van der Waals surface area contributed by atoms with E-state index >= 15 is 8.78 Å². The van der Waals surface area contributed by atoms with Gasteiger partial charge < -0.3 is 14.6 Å². The summed E-state index contributed by atoms with van der Waals surface area (Å²) < 4.78 is 57.3. The van der Waals surface area contributed by atoms with E-state index in [9.17, 15) is 9.18 Å². The molecule has 0 unspecified atom stereocenters. The molecular formula is C28H32F3NO4. The molecule has 0 spiro atoms. The number of rotatable bonds is 7. The number of carboxylic acids is 1. The van der Waals surface area contributed by atoms with Crippen LogP contribution in [0.15, 0.2) is 36.4 Å². The second kappa shape index (κ2) is 10.6. The van der Waals surface area contributed by atoms with Gasteiger partial charge in [0, 0.05) is 37.1 Å². The molecule has 1 fully saturated rings. The van der Waals surface area contributed by atoms with E-state index in [4.69, 9.17) is 14.6 Å². The van der Waals surface area contributed by atoms with Crippen molar-refractivity contribution in [2.75, 3.05) is 19.8 Å². The summed E-state index contributed by atoms with van der Waals surface area (Å²) in [5.41, 5.74) is -0.0786. The fourth-order valence-corrected chi connectivity index (χ4v) is 5.09. The number of alkyl halides is 1. The van der Waals surface area contributed by atoms with E-state index in [-0.39, 0.29) is 29.8 Å². The fraction of sp³-hybridized carbons (Fsp3) is 0.464. The molecule has 8 heteroatoms. The third-order valence-electron chi connectivity index (χ3n) is 6.64. The van der Waals surface area contributed by atoms with Crippen molar-refractivity contribution in [2.45, 2.75) is 63.9 Å². The highest BCUT2D eigenvalue weighted by atomic mass is 19.1.